The summed E-state index contributed by atoms with van der Waals surface area (Å²) < 4.78 is 32.6. The van der Waals surface area contributed by atoms with E-state index in [0.717, 1.165) is 31.2 Å². The number of nitrogens with zero attached hydrogens (tertiary/aromatic N) is 5. The number of ether oxygens (including phenoxy) is 1. The van der Waals surface area contributed by atoms with Crippen molar-refractivity contribution < 1.29 is 18.3 Å². The van der Waals surface area contributed by atoms with Gasteiger partial charge in [0.2, 0.25) is 0 Å². The first-order chi connectivity index (χ1) is 17.9. The van der Waals surface area contributed by atoms with Crippen molar-refractivity contribution in [2.24, 2.45) is 11.8 Å². The van der Waals surface area contributed by atoms with E-state index in [0.29, 0.717) is 39.7 Å². The molecule has 6 rings (SSSR count). The highest BCUT2D eigenvalue weighted by Gasteiger charge is 2.36. The van der Waals surface area contributed by atoms with Crippen molar-refractivity contribution in [2.75, 3.05) is 31.5 Å². The summed E-state index contributed by atoms with van der Waals surface area (Å²) in [5.41, 5.74) is 1.26. The largest absolute Gasteiger partial charge is 0.434 e. The van der Waals surface area contributed by atoms with Crippen molar-refractivity contribution in [1.29, 1.82) is 0 Å². The molecule has 192 valence electrons. The van der Waals surface area contributed by atoms with Crippen LogP contribution < -0.4 is 15.4 Å². The van der Waals surface area contributed by atoms with Crippen molar-refractivity contribution in [3.8, 4) is 17.0 Å². The second kappa shape index (κ2) is 9.93. The fourth-order valence-electron chi connectivity index (χ4n) is 5.02. The number of hydrogen-bond acceptors (Lipinski definition) is 8. The summed E-state index contributed by atoms with van der Waals surface area (Å²) >= 11 is 7.52. The van der Waals surface area contributed by atoms with Crippen LogP contribution >= 0.6 is 22.9 Å². The van der Waals surface area contributed by atoms with Crippen LogP contribution in [0.3, 0.4) is 0 Å². The second-order valence-corrected chi connectivity index (χ2v) is 10.6. The first-order valence-electron chi connectivity index (χ1n) is 11.7. The summed E-state index contributed by atoms with van der Waals surface area (Å²) in [5.74, 6) is 0.706. The second-order valence-electron chi connectivity index (χ2n) is 9.08. The lowest BCUT2D eigenvalue weighted by atomic mass is 10.0. The number of nitrogens with one attached hydrogen (secondary N) is 2. The van der Waals surface area contributed by atoms with Gasteiger partial charge in [-0.2, -0.15) is 13.9 Å². The Morgan fingerprint density at radius 3 is 2.89 bits per heavy atom. The lowest BCUT2D eigenvalue weighted by Crippen LogP contribution is -2.25. The van der Waals surface area contributed by atoms with E-state index in [1.54, 1.807) is 18.5 Å². The predicted octanol–water partition coefficient (Wildman–Crippen LogP) is 4.01. The number of likely N-dealkylation sites (tertiary alicyclic amines) is 1. The number of aromatic nitrogens is 4. The molecule has 1 aromatic carbocycles. The van der Waals surface area contributed by atoms with Gasteiger partial charge in [-0.05, 0) is 49.2 Å². The molecule has 3 aromatic heterocycles. The minimum absolute atomic E-state index is 0.0776. The maximum Gasteiger partial charge on any atom is 0.387 e. The lowest BCUT2D eigenvalue weighted by molar-refractivity contribution is -0.0494. The van der Waals surface area contributed by atoms with Gasteiger partial charge in [-0.3, -0.25) is 9.69 Å². The minimum Gasteiger partial charge on any atom is -0.434 e. The average Bonchev–Trinajstić information content (AvgIpc) is 3.63. The highest BCUT2D eigenvalue weighted by molar-refractivity contribution is 7.16. The van der Waals surface area contributed by atoms with E-state index in [2.05, 4.69) is 25.6 Å². The topological polar surface area (TPSA) is 96.7 Å². The number of carbonyl (C=O) groups is 1. The zero-order chi connectivity index (χ0) is 25.5. The van der Waals surface area contributed by atoms with E-state index in [9.17, 15) is 13.6 Å². The molecule has 5 heterocycles. The quantitative estimate of drug-likeness (QED) is 0.362. The van der Waals surface area contributed by atoms with Gasteiger partial charge in [0.1, 0.15) is 27.0 Å². The van der Waals surface area contributed by atoms with Crippen LogP contribution in [0.2, 0.25) is 5.02 Å². The fraction of sp³-hybridized carbons (Fsp3) is 0.333. The molecule has 4 aromatic rings. The normalized spacial score (nSPS) is 19.6. The van der Waals surface area contributed by atoms with E-state index in [4.69, 9.17) is 21.3 Å². The number of carbonyl (C=O) groups excluding carboxylic acids is 1. The van der Waals surface area contributed by atoms with Gasteiger partial charge in [-0.25, -0.2) is 14.5 Å². The molecule has 0 saturated carbocycles. The number of fused-ring (bicyclic) bond motifs is 2. The third kappa shape index (κ3) is 4.89. The highest BCUT2D eigenvalue weighted by Crippen LogP contribution is 2.41. The summed E-state index contributed by atoms with van der Waals surface area (Å²) in [6.45, 7) is 1.49. The Bertz CT molecular complexity index is 1450. The van der Waals surface area contributed by atoms with Crippen molar-refractivity contribution in [1.82, 2.24) is 29.8 Å². The summed E-state index contributed by atoms with van der Waals surface area (Å²) in [6, 6.07) is 6.06. The number of hydrogen-bond donors (Lipinski definition) is 2. The third-order valence-corrected chi connectivity index (χ3v) is 7.85. The Hall–Kier alpha value is -3.19. The molecule has 0 aliphatic carbocycles. The van der Waals surface area contributed by atoms with Crippen LogP contribution in [-0.2, 0) is 6.54 Å². The van der Waals surface area contributed by atoms with Crippen LogP contribution in [0, 0.1) is 11.8 Å². The summed E-state index contributed by atoms with van der Waals surface area (Å²) in [4.78, 5) is 24.6. The Labute approximate surface area is 219 Å². The van der Waals surface area contributed by atoms with Crippen molar-refractivity contribution >= 4 is 39.5 Å². The van der Waals surface area contributed by atoms with E-state index in [1.807, 2.05) is 0 Å². The number of amides is 1. The first kappa shape index (κ1) is 24.2. The van der Waals surface area contributed by atoms with Crippen LogP contribution in [0.1, 0.15) is 15.4 Å². The number of alkyl halides is 2. The summed E-state index contributed by atoms with van der Waals surface area (Å²) in [5, 5.41) is 12.0. The van der Waals surface area contributed by atoms with E-state index < -0.39 is 12.5 Å². The molecule has 2 aliphatic heterocycles. The smallest absolute Gasteiger partial charge is 0.387 e. The first-order valence-corrected chi connectivity index (χ1v) is 12.9. The monoisotopic (exact) mass is 545 g/mol. The lowest BCUT2D eigenvalue weighted by Gasteiger charge is -2.14. The van der Waals surface area contributed by atoms with Gasteiger partial charge in [0.05, 0.1) is 12.7 Å². The molecule has 2 aliphatic rings. The minimum atomic E-state index is -3.03. The van der Waals surface area contributed by atoms with Crippen LogP contribution in [0.4, 0.5) is 13.8 Å². The maximum atomic E-state index is 13.3. The number of benzene rings is 1. The van der Waals surface area contributed by atoms with Gasteiger partial charge in [0, 0.05) is 36.1 Å². The van der Waals surface area contributed by atoms with Crippen molar-refractivity contribution in [2.45, 2.75) is 13.2 Å². The van der Waals surface area contributed by atoms with Crippen molar-refractivity contribution in [3.63, 3.8) is 0 Å². The summed E-state index contributed by atoms with van der Waals surface area (Å²) in [7, 11) is 0. The van der Waals surface area contributed by atoms with Gasteiger partial charge < -0.3 is 15.4 Å². The molecule has 2 fully saturated rings. The van der Waals surface area contributed by atoms with E-state index in [-0.39, 0.29) is 16.9 Å². The molecule has 0 bridgehead atoms. The molecule has 0 radical (unpaired) electrons. The summed E-state index contributed by atoms with van der Waals surface area (Å²) in [6.07, 6.45) is 4.70. The van der Waals surface area contributed by atoms with Gasteiger partial charge in [-0.15, -0.1) is 0 Å². The van der Waals surface area contributed by atoms with E-state index in [1.165, 1.54) is 40.2 Å². The molecule has 0 spiro atoms. The van der Waals surface area contributed by atoms with Crippen LogP contribution in [-0.4, -0.2) is 63.2 Å². The highest BCUT2D eigenvalue weighted by atomic mass is 35.5. The van der Waals surface area contributed by atoms with Crippen LogP contribution in [0.25, 0.3) is 16.9 Å². The number of halogens is 3. The molecule has 13 heteroatoms. The van der Waals surface area contributed by atoms with Gasteiger partial charge >= 0.3 is 6.61 Å². The Balaban J connectivity index is 1.35. The van der Waals surface area contributed by atoms with Gasteiger partial charge in [0.25, 0.3) is 5.91 Å². The van der Waals surface area contributed by atoms with Crippen LogP contribution in [0.5, 0.6) is 5.75 Å². The zero-order valence-corrected chi connectivity index (χ0v) is 21.0. The van der Waals surface area contributed by atoms with Gasteiger partial charge in [0.15, 0.2) is 5.65 Å². The molecule has 2 atom stereocenters. The standard InChI is InChI=1S/C24H22ClF2N7O2S/c25-15-2-3-18(36-24(26)27)16(6-15)20-23(32-22(35)17-9-30-34-5-1-4-29-21(17)34)37-19(31-20)12-33-10-13-7-28-8-14(13)11-33/h1-6,9,13-14,24,28H,7-8,10-12H2,(H,32,35). The van der Waals surface area contributed by atoms with E-state index >= 15 is 0 Å². The molecule has 9 nitrogen and oxygen atoms in total. The number of thiazole rings is 1. The van der Waals surface area contributed by atoms with Crippen molar-refractivity contribution in [3.05, 3.63) is 58.4 Å². The molecule has 2 unspecified atom stereocenters. The molecule has 1 amide bonds. The van der Waals surface area contributed by atoms with Crippen LogP contribution in [0.15, 0.2) is 42.9 Å². The number of rotatable bonds is 7. The Morgan fingerprint density at radius 1 is 1.30 bits per heavy atom. The number of anilines is 1. The predicted molar refractivity (Wildman–Crippen MR) is 135 cm³/mol. The molecule has 37 heavy (non-hydrogen) atoms. The molecular weight excluding hydrogens is 524 g/mol. The zero-order valence-electron chi connectivity index (χ0n) is 19.4. The maximum absolute atomic E-state index is 13.3. The van der Waals surface area contributed by atoms with Gasteiger partial charge in [-0.1, -0.05) is 22.9 Å². The Morgan fingerprint density at radius 2 is 2.11 bits per heavy atom. The SMILES string of the molecule is O=C(Nc1sc(CN2CC3CNCC3C2)nc1-c1cc(Cl)ccc1OC(F)F)c1cnn2cccnc12. The third-order valence-electron chi connectivity index (χ3n) is 6.66. The Kier molecular flexibility index (Phi) is 6.49. The molecular formula is C24H22ClF2N7O2S. The average molecular weight is 546 g/mol. The molecule has 2 N–H and O–H groups in total. The molecule has 2 saturated heterocycles. The fourth-order valence-corrected chi connectivity index (χ4v) is 6.20.